The van der Waals surface area contributed by atoms with Gasteiger partial charge in [0.1, 0.15) is 0 Å². The lowest BCUT2D eigenvalue weighted by molar-refractivity contribution is 0.144. The number of aliphatic hydroxyl groups is 1. The average molecular weight is 220 g/mol. The van der Waals surface area contributed by atoms with Crippen LogP contribution in [-0.2, 0) is 0 Å². The maximum Gasteiger partial charge on any atom is 0.0805 e. The van der Waals surface area contributed by atoms with Crippen molar-refractivity contribution >= 4 is 5.69 Å². The van der Waals surface area contributed by atoms with E-state index < -0.39 is 6.10 Å². The molecule has 88 valence electrons. The van der Waals surface area contributed by atoms with Gasteiger partial charge in [0, 0.05) is 11.7 Å². The molecule has 0 spiro atoms. The van der Waals surface area contributed by atoms with E-state index in [-0.39, 0.29) is 0 Å². The number of hydrogen-bond acceptors (Lipinski definition) is 3. The topological polar surface area (TPSA) is 58.3 Å². The first-order chi connectivity index (χ1) is 7.75. The highest BCUT2D eigenvalue weighted by Gasteiger charge is 2.17. The zero-order valence-electron chi connectivity index (χ0n) is 9.52. The van der Waals surface area contributed by atoms with Crippen molar-refractivity contribution in [1.82, 2.24) is 5.32 Å². The van der Waals surface area contributed by atoms with Crippen molar-refractivity contribution in [2.45, 2.75) is 37.8 Å². The summed E-state index contributed by atoms with van der Waals surface area (Å²) in [6.45, 7) is 1.08. The molecule has 1 aliphatic heterocycles. The van der Waals surface area contributed by atoms with Gasteiger partial charge in [-0.25, -0.2) is 0 Å². The molecule has 4 N–H and O–H groups in total. The Bertz CT molecular complexity index is 334. The van der Waals surface area contributed by atoms with Gasteiger partial charge in [0.15, 0.2) is 0 Å². The van der Waals surface area contributed by atoms with Crippen molar-refractivity contribution in [3.8, 4) is 0 Å². The largest absolute Gasteiger partial charge is 0.399 e. The van der Waals surface area contributed by atoms with E-state index in [1.807, 2.05) is 24.3 Å². The quantitative estimate of drug-likeness (QED) is 0.681. The number of hydrogen-bond donors (Lipinski definition) is 3. The van der Waals surface area contributed by atoms with Crippen LogP contribution < -0.4 is 11.1 Å². The van der Waals surface area contributed by atoms with Crippen LogP contribution in [0.3, 0.4) is 0 Å². The summed E-state index contributed by atoms with van der Waals surface area (Å²) in [4.78, 5) is 0. The Kier molecular flexibility index (Phi) is 3.80. The number of rotatable bonds is 3. The second kappa shape index (κ2) is 5.32. The lowest BCUT2D eigenvalue weighted by atomic mass is 9.96. The summed E-state index contributed by atoms with van der Waals surface area (Å²) in [6, 6.07) is 7.97. The van der Waals surface area contributed by atoms with Gasteiger partial charge >= 0.3 is 0 Å². The highest BCUT2D eigenvalue weighted by atomic mass is 16.3. The van der Waals surface area contributed by atoms with Crippen LogP contribution in [-0.4, -0.2) is 17.7 Å². The van der Waals surface area contributed by atoms with Crippen molar-refractivity contribution in [1.29, 1.82) is 0 Å². The van der Waals surface area contributed by atoms with E-state index in [4.69, 9.17) is 5.73 Å². The van der Waals surface area contributed by atoms with E-state index in [1.54, 1.807) is 0 Å². The molecule has 2 atom stereocenters. The van der Waals surface area contributed by atoms with Crippen LogP contribution in [0.15, 0.2) is 24.3 Å². The number of benzene rings is 1. The fraction of sp³-hybridized carbons (Fsp3) is 0.538. The highest BCUT2D eigenvalue weighted by molar-refractivity contribution is 5.41. The van der Waals surface area contributed by atoms with Crippen molar-refractivity contribution in [2.75, 3.05) is 12.3 Å². The molecule has 16 heavy (non-hydrogen) atoms. The molecule has 1 aliphatic rings. The minimum atomic E-state index is -0.404. The molecule has 0 aliphatic carbocycles. The first kappa shape index (κ1) is 11.4. The minimum absolute atomic E-state index is 0.404. The third-order valence-corrected chi connectivity index (χ3v) is 3.22. The lowest BCUT2D eigenvalue weighted by Crippen LogP contribution is -2.35. The van der Waals surface area contributed by atoms with Crippen LogP contribution in [0.4, 0.5) is 5.69 Å². The van der Waals surface area contributed by atoms with Crippen LogP contribution in [0, 0.1) is 0 Å². The standard InChI is InChI=1S/C13H20N2O/c14-11-5-3-4-10(8-11)13(16)9-12-6-1-2-7-15-12/h3-5,8,12-13,15-16H,1-2,6-7,9,14H2. The highest BCUT2D eigenvalue weighted by Crippen LogP contribution is 2.23. The summed E-state index contributed by atoms with van der Waals surface area (Å²) in [6.07, 6.45) is 4.06. The van der Waals surface area contributed by atoms with Gasteiger partial charge in [0.2, 0.25) is 0 Å². The molecule has 2 unspecified atom stereocenters. The SMILES string of the molecule is Nc1cccc(C(O)CC2CCCCN2)c1. The number of nitrogens with one attached hydrogen (secondary N) is 1. The molecule has 3 heteroatoms. The average Bonchev–Trinajstić information content (AvgIpc) is 2.30. The van der Waals surface area contributed by atoms with E-state index in [2.05, 4.69) is 5.32 Å². The molecule has 0 aromatic heterocycles. The third-order valence-electron chi connectivity index (χ3n) is 3.22. The third kappa shape index (κ3) is 2.97. The normalized spacial score (nSPS) is 22.9. The number of aliphatic hydroxyl groups excluding tert-OH is 1. The van der Waals surface area contributed by atoms with E-state index in [9.17, 15) is 5.11 Å². The summed E-state index contributed by atoms with van der Waals surface area (Å²) in [5, 5.41) is 13.5. The molecular weight excluding hydrogens is 200 g/mol. The molecule has 1 aromatic carbocycles. The zero-order chi connectivity index (χ0) is 11.4. The van der Waals surface area contributed by atoms with Crippen molar-refractivity contribution in [2.24, 2.45) is 0 Å². The van der Waals surface area contributed by atoms with Crippen LogP contribution >= 0.6 is 0 Å². The second-order valence-corrected chi connectivity index (χ2v) is 4.57. The fourth-order valence-corrected chi connectivity index (χ4v) is 2.30. The smallest absolute Gasteiger partial charge is 0.0805 e. The van der Waals surface area contributed by atoms with Crippen molar-refractivity contribution < 1.29 is 5.11 Å². The van der Waals surface area contributed by atoms with E-state index >= 15 is 0 Å². The number of piperidine rings is 1. The van der Waals surface area contributed by atoms with Gasteiger partial charge in [-0.05, 0) is 43.5 Å². The minimum Gasteiger partial charge on any atom is -0.399 e. The summed E-state index contributed by atoms with van der Waals surface area (Å²) in [7, 11) is 0. The molecule has 1 heterocycles. The van der Waals surface area contributed by atoms with Gasteiger partial charge in [0.05, 0.1) is 6.10 Å². The first-order valence-corrected chi connectivity index (χ1v) is 6.02. The van der Waals surface area contributed by atoms with E-state index in [1.165, 1.54) is 19.3 Å². The molecule has 1 aromatic rings. The van der Waals surface area contributed by atoms with E-state index in [0.717, 1.165) is 18.5 Å². The molecule has 2 rings (SSSR count). The molecule has 1 fully saturated rings. The van der Waals surface area contributed by atoms with Gasteiger partial charge in [-0.3, -0.25) is 0 Å². The summed E-state index contributed by atoms with van der Waals surface area (Å²) >= 11 is 0. The molecule has 0 bridgehead atoms. The molecule has 1 saturated heterocycles. The Morgan fingerprint density at radius 3 is 3.00 bits per heavy atom. The number of nitrogen functional groups attached to an aromatic ring is 1. The number of anilines is 1. The maximum absolute atomic E-state index is 10.1. The zero-order valence-corrected chi connectivity index (χ0v) is 9.52. The molecule has 0 saturated carbocycles. The van der Waals surface area contributed by atoms with Crippen molar-refractivity contribution in [3.05, 3.63) is 29.8 Å². The maximum atomic E-state index is 10.1. The molecule has 3 nitrogen and oxygen atoms in total. The molecular formula is C13H20N2O. The van der Waals surface area contributed by atoms with Crippen molar-refractivity contribution in [3.63, 3.8) is 0 Å². The van der Waals surface area contributed by atoms with Gasteiger partial charge in [0.25, 0.3) is 0 Å². The van der Waals surface area contributed by atoms with Gasteiger partial charge in [-0.2, -0.15) is 0 Å². The van der Waals surface area contributed by atoms with Gasteiger partial charge in [-0.15, -0.1) is 0 Å². The van der Waals surface area contributed by atoms with E-state index in [0.29, 0.717) is 11.7 Å². The monoisotopic (exact) mass is 220 g/mol. The van der Waals surface area contributed by atoms with Crippen LogP contribution in [0.25, 0.3) is 0 Å². The predicted molar refractivity (Wildman–Crippen MR) is 66.1 cm³/mol. The Balaban J connectivity index is 1.94. The summed E-state index contributed by atoms with van der Waals surface area (Å²) in [5.74, 6) is 0. The fourth-order valence-electron chi connectivity index (χ4n) is 2.30. The Labute approximate surface area is 96.7 Å². The summed E-state index contributed by atoms with van der Waals surface area (Å²) in [5.41, 5.74) is 7.34. The van der Waals surface area contributed by atoms with Crippen LogP contribution in [0.1, 0.15) is 37.4 Å². The predicted octanol–water partition coefficient (Wildman–Crippen LogP) is 1.83. The van der Waals surface area contributed by atoms with Gasteiger partial charge in [-0.1, -0.05) is 18.6 Å². The first-order valence-electron chi connectivity index (χ1n) is 6.02. The van der Waals surface area contributed by atoms with Crippen LogP contribution in [0.2, 0.25) is 0 Å². The Hall–Kier alpha value is -1.06. The summed E-state index contributed by atoms with van der Waals surface area (Å²) < 4.78 is 0. The second-order valence-electron chi connectivity index (χ2n) is 4.57. The Morgan fingerprint density at radius 2 is 2.31 bits per heavy atom. The lowest BCUT2D eigenvalue weighted by Gasteiger charge is -2.25. The number of nitrogens with two attached hydrogens (primary N) is 1. The van der Waals surface area contributed by atoms with Crippen LogP contribution in [0.5, 0.6) is 0 Å². The Morgan fingerprint density at radius 1 is 1.44 bits per heavy atom. The molecule has 0 amide bonds. The van der Waals surface area contributed by atoms with Gasteiger partial charge < -0.3 is 16.2 Å². The molecule has 0 radical (unpaired) electrons.